The molecule has 158 valence electrons. The molecule has 5 nitrogen and oxygen atoms in total. The van der Waals surface area contributed by atoms with E-state index in [4.69, 9.17) is 4.74 Å². The number of carbonyl (C=O) groups excluding carboxylic acids is 1. The molecule has 0 aliphatic rings. The Kier molecular flexibility index (Phi) is 6.01. The number of halogens is 1. The Bertz CT molecular complexity index is 1190. The number of anilines is 1. The zero-order chi connectivity index (χ0) is 22.1. The second-order valence-electron chi connectivity index (χ2n) is 7.73. The first-order valence-electron chi connectivity index (χ1n) is 9.12. The molecule has 1 N–H and O–H groups in total. The fourth-order valence-electron chi connectivity index (χ4n) is 2.95. The zero-order valence-electron chi connectivity index (χ0n) is 17.0. The highest BCUT2D eigenvalue weighted by Gasteiger charge is 2.25. The molecule has 0 atom stereocenters. The smallest absolute Gasteiger partial charge is 0.350 e. The van der Waals surface area contributed by atoms with Gasteiger partial charge in [-0.25, -0.2) is 17.6 Å². The first kappa shape index (κ1) is 22.0. The predicted molar refractivity (Wildman–Crippen MR) is 117 cm³/mol. The molecular weight excluding hydrogens is 425 g/mol. The molecule has 0 unspecified atom stereocenters. The molecule has 3 rings (SSSR count). The van der Waals surface area contributed by atoms with Gasteiger partial charge in [-0.15, -0.1) is 11.3 Å². The number of esters is 1. The third-order valence-corrected chi connectivity index (χ3v) is 6.87. The largest absolute Gasteiger partial charge is 0.465 e. The van der Waals surface area contributed by atoms with Crippen LogP contribution >= 0.6 is 11.3 Å². The summed E-state index contributed by atoms with van der Waals surface area (Å²) in [5, 5.41) is 1.60. The summed E-state index contributed by atoms with van der Waals surface area (Å²) in [5.41, 5.74) is 1.64. The maximum atomic E-state index is 13.9. The quantitative estimate of drug-likeness (QED) is 0.529. The third kappa shape index (κ3) is 4.55. The van der Waals surface area contributed by atoms with Crippen molar-refractivity contribution in [3.63, 3.8) is 0 Å². The molecule has 8 heteroatoms. The van der Waals surface area contributed by atoms with Crippen molar-refractivity contribution in [2.45, 2.75) is 31.1 Å². The van der Waals surface area contributed by atoms with Crippen LogP contribution in [0.3, 0.4) is 0 Å². The summed E-state index contributed by atoms with van der Waals surface area (Å²) in [6, 6.07) is 12.3. The summed E-state index contributed by atoms with van der Waals surface area (Å²) >= 11 is 1.08. The van der Waals surface area contributed by atoms with Crippen molar-refractivity contribution >= 4 is 33.0 Å². The summed E-state index contributed by atoms with van der Waals surface area (Å²) in [6.07, 6.45) is 0. The Hall–Kier alpha value is -2.71. The van der Waals surface area contributed by atoms with Crippen LogP contribution in [0.1, 0.15) is 36.0 Å². The number of benzene rings is 2. The first-order chi connectivity index (χ1) is 14.0. The molecule has 0 aliphatic heterocycles. The fraction of sp³-hybridized carbons (Fsp3) is 0.227. The molecule has 3 aromatic rings. The lowest BCUT2D eigenvalue weighted by atomic mass is 9.85. The van der Waals surface area contributed by atoms with Gasteiger partial charge in [-0.1, -0.05) is 39.0 Å². The van der Waals surface area contributed by atoms with E-state index in [0.29, 0.717) is 11.1 Å². The SMILES string of the molecule is COC(=O)c1sccc1NS(=O)(=O)c1ccc(C(C)(C)C)cc1-c1cccc(F)c1. The molecule has 0 saturated heterocycles. The van der Waals surface area contributed by atoms with Gasteiger partial charge in [0.05, 0.1) is 17.7 Å². The Labute approximate surface area is 179 Å². The highest BCUT2D eigenvalue weighted by molar-refractivity contribution is 7.92. The van der Waals surface area contributed by atoms with Gasteiger partial charge in [0, 0.05) is 5.56 Å². The third-order valence-electron chi connectivity index (χ3n) is 4.55. The van der Waals surface area contributed by atoms with E-state index in [1.807, 2.05) is 20.8 Å². The molecule has 0 fully saturated rings. The van der Waals surface area contributed by atoms with Gasteiger partial charge in [0.25, 0.3) is 10.0 Å². The Morgan fingerprint density at radius 2 is 1.83 bits per heavy atom. The van der Waals surface area contributed by atoms with Crippen molar-refractivity contribution in [3.05, 3.63) is 70.2 Å². The monoisotopic (exact) mass is 447 g/mol. The minimum absolute atomic E-state index is 0.0110. The number of hydrogen-bond donors (Lipinski definition) is 1. The van der Waals surface area contributed by atoms with E-state index in [2.05, 4.69) is 4.72 Å². The number of methoxy groups -OCH3 is 1. The lowest BCUT2D eigenvalue weighted by molar-refractivity contribution is 0.0607. The summed E-state index contributed by atoms with van der Waals surface area (Å²) in [4.78, 5) is 12.1. The average Bonchev–Trinajstić information content (AvgIpc) is 3.13. The Balaban J connectivity index is 2.15. The molecule has 30 heavy (non-hydrogen) atoms. The van der Waals surface area contributed by atoms with Crippen LogP contribution in [0.4, 0.5) is 10.1 Å². The number of carbonyl (C=O) groups is 1. The van der Waals surface area contributed by atoms with Crippen LogP contribution in [-0.4, -0.2) is 21.5 Å². The van der Waals surface area contributed by atoms with Crippen molar-refractivity contribution in [3.8, 4) is 11.1 Å². The number of thiophene rings is 1. The summed E-state index contributed by atoms with van der Waals surface area (Å²) in [7, 11) is -2.85. The van der Waals surface area contributed by atoms with Gasteiger partial charge in [0.15, 0.2) is 0 Å². The number of nitrogens with one attached hydrogen (secondary N) is 1. The van der Waals surface area contributed by atoms with Gasteiger partial charge < -0.3 is 4.74 Å². The number of hydrogen-bond acceptors (Lipinski definition) is 5. The molecule has 1 aromatic heterocycles. The molecule has 2 aromatic carbocycles. The molecule has 0 bridgehead atoms. The Morgan fingerprint density at radius 1 is 1.10 bits per heavy atom. The Morgan fingerprint density at radius 3 is 2.47 bits per heavy atom. The summed E-state index contributed by atoms with van der Waals surface area (Å²) < 4.78 is 47.6. The van der Waals surface area contributed by atoms with E-state index in [1.165, 1.54) is 37.4 Å². The first-order valence-corrected chi connectivity index (χ1v) is 11.5. The van der Waals surface area contributed by atoms with Crippen molar-refractivity contribution < 1.29 is 22.3 Å². The maximum Gasteiger partial charge on any atom is 0.350 e. The molecule has 0 aliphatic carbocycles. The van der Waals surface area contributed by atoms with Gasteiger partial charge >= 0.3 is 5.97 Å². The van der Waals surface area contributed by atoms with Crippen LogP contribution in [-0.2, 0) is 20.2 Å². The van der Waals surface area contributed by atoms with Crippen LogP contribution in [0.25, 0.3) is 11.1 Å². The number of sulfonamides is 1. The van der Waals surface area contributed by atoms with Gasteiger partial charge in [0.1, 0.15) is 10.7 Å². The summed E-state index contributed by atoms with van der Waals surface area (Å²) in [6.45, 7) is 6.04. The normalized spacial score (nSPS) is 11.9. The number of ether oxygens (including phenoxy) is 1. The van der Waals surface area contributed by atoms with Gasteiger partial charge in [-0.2, -0.15) is 0 Å². The minimum Gasteiger partial charge on any atom is -0.465 e. The summed E-state index contributed by atoms with van der Waals surface area (Å²) in [5.74, 6) is -1.09. The number of rotatable bonds is 5. The fourth-order valence-corrected chi connectivity index (χ4v) is 5.07. The van der Waals surface area contributed by atoms with E-state index in [9.17, 15) is 17.6 Å². The van der Waals surface area contributed by atoms with Crippen LogP contribution in [0.2, 0.25) is 0 Å². The van der Waals surface area contributed by atoms with E-state index >= 15 is 0 Å². The van der Waals surface area contributed by atoms with E-state index < -0.39 is 21.8 Å². The molecule has 0 radical (unpaired) electrons. The lowest BCUT2D eigenvalue weighted by Crippen LogP contribution is -2.17. The van der Waals surface area contributed by atoms with Gasteiger partial charge in [-0.3, -0.25) is 4.72 Å². The van der Waals surface area contributed by atoms with E-state index in [1.54, 1.807) is 23.6 Å². The predicted octanol–water partition coefficient (Wildman–Crippen LogP) is 5.44. The van der Waals surface area contributed by atoms with Crippen molar-refractivity contribution in [2.75, 3.05) is 11.8 Å². The standard InChI is InChI=1S/C22H22FNO4S2/c1-22(2,3)15-8-9-19(17(13-15)14-6-5-7-16(23)12-14)30(26,27)24-18-10-11-29-20(18)21(25)28-4/h5-13,24H,1-4H3. The topological polar surface area (TPSA) is 72.5 Å². The highest BCUT2D eigenvalue weighted by Crippen LogP contribution is 2.35. The molecule has 0 spiro atoms. The van der Waals surface area contributed by atoms with Crippen molar-refractivity contribution in [1.29, 1.82) is 0 Å². The molecule has 1 heterocycles. The molecule has 0 amide bonds. The molecular formula is C22H22FNO4S2. The van der Waals surface area contributed by atoms with Crippen LogP contribution in [0.5, 0.6) is 0 Å². The second-order valence-corrected chi connectivity index (χ2v) is 10.3. The van der Waals surface area contributed by atoms with Gasteiger partial charge in [0.2, 0.25) is 0 Å². The van der Waals surface area contributed by atoms with Gasteiger partial charge in [-0.05, 0) is 52.3 Å². The second kappa shape index (κ2) is 8.20. The average molecular weight is 448 g/mol. The maximum absolute atomic E-state index is 13.9. The zero-order valence-corrected chi connectivity index (χ0v) is 18.7. The lowest BCUT2D eigenvalue weighted by Gasteiger charge is -2.22. The van der Waals surface area contributed by atoms with Crippen LogP contribution in [0, 0.1) is 5.82 Å². The van der Waals surface area contributed by atoms with Crippen molar-refractivity contribution in [2.24, 2.45) is 0 Å². The molecule has 0 saturated carbocycles. The van der Waals surface area contributed by atoms with E-state index in [-0.39, 0.29) is 20.9 Å². The van der Waals surface area contributed by atoms with Crippen molar-refractivity contribution in [1.82, 2.24) is 0 Å². The highest BCUT2D eigenvalue weighted by atomic mass is 32.2. The minimum atomic E-state index is -4.07. The van der Waals surface area contributed by atoms with Crippen LogP contribution in [0.15, 0.2) is 58.8 Å². The van der Waals surface area contributed by atoms with E-state index in [0.717, 1.165) is 16.9 Å². The van der Waals surface area contributed by atoms with Crippen LogP contribution < -0.4 is 4.72 Å².